The summed E-state index contributed by atoms with van der Waals surface area (Å²) in [6.45, 7) is 9.66. The third kappa shape index (κ3) is 6.75. The van der Waals surface area contributed by atoms with Crippen LogP contribution in [0.25, 0.3) is 0 Å². The number of pyridine rings is 1. The van der Waals surface area contributed by atoms with Crippen molar-refractivity contribution in [3.63, 3.8) is 0 Å². The highest BCUT2D eigenvalue weighted by Crippen LogP contribution is 2.30. The molecule has 4 rings (SSSR count). The lowest BCUT2D eigenvalue weighted by molar-refractivity contribution is -0.139. The molecular weight excluding hydrogens is 474 g/mol. The molecule has 2 aliphatic rings. The van der Waals surface area contributed by atoms with E-state index in [1.807, 2.05) is 44.0 Å². The summed E-state index contributed by atoms with van der Waals surface area (Å²) in [5.41, 5.74) is 0.472. The molecule has 2 saturated heterocycles. The number of ether oxygens (including phenoxy) is 1. The summed E-state index contributed by atoms with van der Waals surface area (Å²) in [6, 6.07) is 5.65. The first kappa shape index (κ1) is 26.4. The number of carbonyl (C=O) groups excluding carboxylic acids is 2. The fraction of sp³-hybridized carbons (Fsp3) is 0.630. The van der Waals surface area contributed by atoms with Crippen LogP contribution in [-0.2, 0) is 16.0 Å². The number of anilines is 2. The van der Waals surface area contributed by atoms with Crippen molar-refractivity contribution in [3.8, 4) is 0 Å². The van der Waals surface area contributed by atoms with E-state index in [-0.39, 0.29) is 12.0 Å². The molecule has 0 aliphatic carbocycles. The van der Waals surface area contributed by atoms with Gasteiger partial charge in [0.15, 0.2) is 5.13 Å². The zero-order valence-electron chi connectivity index (χ0n) is 22.0. The van der Waals surface area contributed by atoms with Gasteiger partial charge in [-0.1, -0.05) is 19.4 Å². The molecule has 2 fully saturated rings. The summed E-state index contributed by atoms with van der Waals surface area (Å²) in [4.78, 5) is 40.4. The lowest BCUT2D eigenvalue weighted by Crippen LogP contribution is -2.55. The molecule has 1 N–H and O–H groups in total. The Morgan fingerprint density at radius 2 is 1.92 bits per heavy atom. The van der Waals surface area contributed by atoms with Crippen LogP contribution in [0.5, 0.6) is 0 Å². The van der Waals surface area contributed by atoms with E-state index >= 15 is 0 Å². The second-order valence-corrected chi connectivity index (χ2v) is 11.9. The van der Waals surface area contributed by atoms with Crippen LogP contribution < -0.4 is 5.32 Å². The Morgan fingerprint density at radius 1 is 1.14 bits per heavy atom. The second kappa shape index (κ2) is 11.6. The molecule has 0 spiro atoms. The highest BCUT2D eigenvalue weighted by molar-refractivity contribution is 7.15. The summed E-state index contributed by atoms with van der Waals surface area (Å²) in [5, 5.41) is 4.21. The number of aryl methyl sites for hydroxylation is 1. The summed E-state index contributed by atoms with van der Waals surface area (Å²) in [5.74, 6) is 1.16. The Kier molecular flexibility index (Phi) is 8.49. The fourth-order valence-corrected chi connectivity index (χ4v) is 5.84. The molecule has 2 amide bonds. The molecule has 4 heterocycles. The lowest BCUT2D eigenvalue weighted by Gasteiger charge is -2.40. The van der Waals surface area contributed by atoms with Crippen LogP contribution in [0.3, 0.4) is 0 Å². The second-order valence-electron chi connectivity index (χ2n) is 10.7. The monoisotopic (exact) mass is 513 g/mol. The highest BCUT2D eigenvalue weighted by Gasteiger charge is 2.38. The number of thiazole rings is 1. The number of nitrogens with zero attached hydrogens (tertiary/aromatic N) is 4. The highest BCUT2D eigenvalue weighted by atomic mass is 32.1. The van der Waals surface area contributed by atoms with Crippen LogP contribution in [0.4, 0.5) is 15.7 Å². The van der Waals surface area contributed by atoms with Crippen molar-refractivity contribution in [2.75, 3.05) is 25.0 Å². The van der Waals surface area contributed by atoms with Gasteiger partial charge in [-0.3, -0.25) is 9.69 Å². The molecule has 0 radical (unpaired) electrons. The molecule has 0 saturated carbocycles. The van der Waals surface area contributed by atoms with E-state index < -0.39 is 11.6 Å². The molecule has 8 nitrogen and oxygen atoms in total. The topological polar surface area (TPSA) is 87.7 Å². The molecule has 36 heavy (non-hydrogen) atoms. The van der Waals surface area contributed by atoms with E-state index in [9.17, 15) is 9.59 Å². The minimum atomic E-state index is -0.575. The van der Waals surface area contributed by atoms with Crippen LogP contribution in [0, 0.1) is 0 Å². The van der Waals surface area contributed by atoms with E-state index in [0.29, 0.717) is 32.0 Å². The lowest BCUT2D eigenvalue weighted by atomic mass is 9.92. The fourth-order valence-electron chi connectivity index (χ4n) is 4.92. The minimum Gasteiger partial charge on any atom is -0.444 e. The maximum absolute atomic E-state index is 13.4. The number of carbonyl (C=O) groups is 2. The number of piperidine rings is 2. The van der Waals surface area contributed by atoms with Crippen molar-refractivity contribution in [1.82, 2.24) is 19.8 Å². The van der Waals surface area contributed by atoms with Crippen molar-refractivity contribution in [2.45, 2.75) is 90.2 Å². The van der Waals surface area contributed by atoms with E-state index in [2.05, 4.69) is 23.3 Å². The van der Waals surface area contributed by atoms with Gasteiger partial charge in [0.25, 0.3) is 0 Å². The van der Waals surface area contributed by atoms with Crippen LogP contribution in [-0.4, -0.2) is 63.0 Å². The third-order valence-corrected chi connectivity index (χ3v) is 7.67. The normalized spacial score (nSPS) is 19.3. The standard InChI is InChI=1S/C27H39N5O3S/c1-5-9-20-18-28-25(36-20)30-23-12-8-10-21(29-23)19-13-16-31(17-14-19)24(33)22-11-6-7-15-32(22)26(34)35-27(2,3)4/h8,10,12,18-19,22H,5-7,9,11,13-17H2,1-4H3,(H,28,29,30)/t22-/m0/s1. The van der Waals surface area contributed by atoms with E-state index in [1.54, 1.807) is 16.2 Å². The Balaban J connectivity index is 1.34. The first-order valence-electron chi connectivity index (χ1n) is 13.2. The van der Waals surface area contributed by atoms with Gasteiger partial charge in [-0.25, -0.2) is 14.8 Å². The average Bonchev–Trinajstić information content (AvgIpc) is 3.30. The third-order valence-electron chi connectivity index (χ3n) is 6.70. The van der Waals surface area contributed by atoms with E-state index in [1.165, 1.54) is 4.88 Å². The van der Waals surface area contributed by atoms with Gasteiger partial charge < -0.3 is 15.0 Å². The zero-order chi connectivity index (χ0) is 25.7. The summed E-state index contributed by atoms with van der Waals surface area (Å²) >= 11 is 1.67. The molecule has 9 heteroatoms. The maximum Gasteiger partial charge on any atom is 0.410 e. The quantitative estimate of drug-likeness (QED) is 0.531. The van der Waals surface area contributed by atoms with Crippen molar-refractivity contribution in [1.29, 1.82) is 0 Å². The van der Waals surface area contributed by atoms with Gasteiger partial charge in [0.2, 0.25) is 5.91 Å². The maximum atomic E-state index is 13.4. The SMILES string of the molecule is CCCc1cnc(Nc2cccc(C3CCN(C(=O)[C@@H]4CCCCN4C(=O)OC(C)(C)C)CC3)n2)s1. The molecule has 1 atom stereocenters. The van der Waals surface area contributed by atoms with Crippen molar-refractivity contribution >= 4 is 34.3 Å². The van der Waals surface area contributed by atoms with Crippen LogP contribution in [0.15, 0.2) is 24.4 Å². The minimum absolute atomic E-state index is 0.0500. The Morgan fingerprint density at radius 3 is 2.64 bits per heavy atom. The van der Waals surface area contributed by atoms with Gasteiger partial charge in [-0.15, -0.1) is 11.3 Å². The number of likely N-dealkylation sites (tertiary alicyclic amines) is 2. The van der Waals surface area contributed by atoms with Gasteiger partial charge in [-0.05, 0) is 71.4 Å². The smallest absolute Gasteiger partial charge is 0.410 e. The van der Waals surface area contributed by atoms with Crippen molar-refractivity contribution in [3.05, 3.63) is 35.0 Å². The molecule has 196 valence electrons. The number of hydrogen-bond donors (Lipinski definition) is 1. The van der Waals surface area contributed by atoms with Crippen LogP contribution in [0.1, 0.15) is 82.7 Å². The van der Waals surface area contributed by atoms with Crippen LogP contribution >= 0.6 is 11.3 Å². The summed E-state index contributed by atoms with van der Waals surface area (Å²) < 4.78 is 5.59. The first-order valence-corrected chi connectivity index (χ1v) is 14.0. The Hall–Kier alpha value is -2.68. The van der Waals surface area contributed by atoms with E-state index in [0.717, 1.165) is 55.2 Å². The first-order chi connectivity index (χ1) is 17.2. The van der Waals surface area contributed by atoms with Crippen LogP contribution in [0.2, 0.25) is 0 Å². The van der Waals surface area contributed by atoms with Gasteiger partial charge in [0, 0.05) is 42.3 Å². The number of rotatable bonds is 6. The molecular formula is C27H39N5O3S. The molecule has 2 aromatic rings. The van der Waals surface area contributed by atoms with Gasteiger partial charge >= 0.3 is 6.09 Å². The molecule has 2 aliphatic heterocycles. The van der Waals surface area contributed by atoms with E-state index in [4.69, 9.17) is 9.72 Å². The molecule has 0 aromatic carbocycles. The molecule has 2 aromatic heterocycles. The zero-order valence-corrected chi connectivity index (χ0v) is 22.8. The molecule has 0 unspecified atom stereocenters. The van der Waals surface area contributed by atoms with Gasteiger partial charge in [-0.2, -0.15) is 0 Å². The van der Waals surface area contributed by atoms with Crippen molar-refractivity contribution in [2.24, 2.45) is 0 Å². The Labute approximate surface area is 218 Å². The average molecular weight is 514 g/mol. The predicted octanol–water partition coefficient (Wildman–Crippen LogP) is 5.73. The summed E-state index contributed by atoms with van der Waals surface area (Å²) in [6.07, 6.45) is 7.98. The largest absolute Gasteiger partial charge is 0.444 e. The predicted molar refractivity (Wildman–Crippen MR) is 143 cm³/mol. The number of aromatic nitrogens is 2. The Bertz CT molecular complexity index is 1040. The summed E-state index contributed by atoms with van der Waals surface area (Å²) in [7, 11) is 0. The van der Waals surface area contributed by atoms with Gasteiger partial charge in [0.05, 0.1) is 0 Å². The molecule has 0 bridgehead atoms. The number of hydrogen-bond acceptors (Lipinski definition) is 7. The number of amides is 2. The van der Waals surface area contributed by atoms with Gasteiger partial charge in [0.1, 0.15) is 17.5 Å². The number of nitrogens with one attached hydrogen (secondary N) is 1. The van der Waals surface area contributed by atoms with Crippen molar-refractivity contribution < 1.29 is 14.3 Å².